The Morgan fingerprint density at radius 3 is 2.81 bits per heavy atom. The van der Waals surface area contributed by atoms with Gasteiger partial charge in [-0.05, 0) is 6.92 Å². The number of carbonyl (C=O) groups is 1. The van der Waals surface area contributed by atoms with Crippen molar-refractivity contribution in [1.82, 2.24) is 5.16 Å². The maximum absolute atomic E-state index is 11.3. The van der Waals surface area contributed by atoms with Crippen molar-refractivity contribution in [2.75, 3.05) is 19.9 Å². The fraction of sp³-hybridized carbons (Fsp3) is 0.556. The van der Waals surface area contributed by atoms with Crippen LogP contribution < -0.4 is 0 Å². The number of aromatic nitrogens is 1. The molecule has 6 nitrogen and oxygen atoms in total. The molecule has 16 heavy (non-hydrogen) atoms. The molecule has 0 fully saturated rings. The molecule has 1 aromatic heterocycles. The van der Waals surface area contributed by atoms with E-state index in [4.69, 9.17) is 13.8 Å². The largest absolute Gasteiger partial charge is 0.461 e. The first-order chi connectivity index (χ1) is 7.42. The summed E-state index contributed by atoms with van der Waals surface area (Å²) in [6, 6.07) is 1.41. The van der Waals surface area contributed by atoms with E-state index in [0.29, 0.717) is 5.76 Å². The van der Waals surface area contributed by atoms with E-state index in [9.17, 15) is 9.36 Å². The van der Waals surface area contributed by atoms with E-state index in [2.05, 4.69) is 5.16 Å². The van der Waals surface area contributed by atoms with E-state index in [0.717, 1.165) is 0 Å². The second-order valence-corrected chi connectivity index (χ2v) is 6.19. The van der Waals surface area contributed by atoms with Crippen molar-refractivity contribution in [2.24, 2.45) is 0 Å². The minimum Gasteiger partial charge on any atom is -0.461 e. The summed E-state index contributed by atoms with van der Waals surface area (Å²) < 4.78 is 25.9. The Kier molecular flexibility index (Phi) is 4.26. The fourth-order valence-electron chi connectivity index (χ4n) is 0.901. The lowest BCUT2D eigenvalue weighted by molar-refractivity contribution is 0.0514. The maximum Gasteiger partial charge on any atom is 0.360 e. The molecule has 7 heteroatoms. The first-order valence-electron chi connectivity index (χ1n) is 4.74. The molecule has 0 radical (unpaired) electrons. The predicted octanol–water partition coefficient (Wildman–Crippen LogP) is 1.91. The molecule has 0 aliphatic heterocycles. The Morgan fingerprint density at radius 1 is 1.56 bits per heavy atom. The quantitative estimate of drug-likeness (QED) is 0.584. The van der Waals surface area contributed by atoms with E-state index in [1.807, 2.05) is 0 Å². The number of nitrogens with zero attached hydrogens (tertiary/aromatic N) is 1. The smallest absolute Gasteiger partial charge is 0.360 e. The molecule has 0 amide bonds. The van der Waals surface area contributed by atoms with E-state index < -0.39 is 13.3 Å². The molecule has 90 valence electrons. The molecule has 0 bridgehead atoms. The monoisotopic (exact) mass is 247 g/mol. The van der Waals surface area contributed by atoms with Gasteiger partial charge in [-0.15, -0.1) is 0 Å². The Labute approximate surface area is 93.4 Å². The zero-order valence-corrected chi connectivity index (χ0v) is 10.3. The Hall–Kier alpha value is -1.13. The highest BCUT2D eigenvalue weighted by molar-refractivity contribution is 7.57. The molecule has 0 aliphatic carbocycles. The summed E-state index contributed by atoms with van der Waals surface area (Å²) in [6.07, 6.45) is 0. The van der Waals surface area contributed by atoms with Gasteiger partial charge in [-0.2, -0.15) is 0 Å². The van der Waals surface area contributed by atoms with Crippen LogP contribution >= 0.6 is 7.37 Å². The topological polar surface area (TPSA) is 78.6 Å². The van der Waals surface area contributed by atoms with Crippen molar-refractivity contribution in [1.29, 1.82) is 0 Å². The van der Waals surface area contributed by atoms with Gasteiger partial charge >= 0.3 is 5.97 Å². The average molecular weight is 247 g/mol. The molecular formula is C9H14NO5P. The second kappa shape index (κ2) is 5.27. The van der Waals surface area contributed by atoms with Crippen LogP contribution in [0.1, 0.15) is 23.2 Å². The molecule has 0 atom stereocenters. The maximum atomic E-state index is 11.3. The zero-order chi connectivity index (χ0) is 12.2. The van der Waals surface area contributed by atoms with E-state index in [-0.39, 0.29) is 18.9 Å². The van der Waals surface area contributed by atoms with Crippen molar-refractivity contribution in [3.63, 3.8) is 0 Å². The molecule has 0 aliphatic rings. The highest BCUT2D eigenvalue weighted by Crippen LogP contribution is 2.38. The molecule has 0 aromatic carbocycles. The van der Waals surface area contributed by atoms with Crippen LogP contribution in [-0.4, -0.2) is 31.1 Å². The van der Waals surface area contributed by atoms with E-state index in [1.165, 1.54) is 19.4 Å². The highest BCUT2D eigenvalue weighted by atomic mass is 31.2. The van der Waals surface area contributed by atoms with Gasteiger partial charge < -0.3 is 13.8 Å². The summed E-state index contributed by atoms with van der Waals surface area (Å²) in [7, 11) is -2.56. The lowest BCUT2D eigenvalue weighted by Crippen LogP contribution is -2.04. The highest BCUT2D eigenvalue weighted by Gasteiger charge is 2.15. The Bertz CT molecular complexity index is 408. The van der Waals surface area contributed by atoms with Crippen LogP contribution in [0.5, 0.6) is 0 Å². The molecule has 1 heterocycles. The van der Waals surface area contributed by atoms with Gasteiger partial charge in [0, 0.05) is 19.4 Å². The molecule has 1 aromatic rings. The predicted molar refractivity (Wildman–Crippen MR) is 56.7 cm³/mol. The Morgan fingerprint density at radius 2 is 2.25 bits per heavy atom. The molecule has 0 N–H and O–H groups in total. The summed E-state index contributed by atoms with van der Waals surface area (Å²) in [5.74, 6) is -0.208. The van der Waals surface area contributed by atoms with E-state index in [1.54, 1.807) is 6.92 Å². The summed E-state index contributed by atoms with van der Waals surface area (Å²) in [5.41, 5.74) is 0.0856. The standard InChI is InChI=1S/C9H14NO5P/c1-4-13-9(11)8-5-7(15-10-8)6-14-16(2,3)12/h5H,4,6H2,1-3H3. The normalized spacial score (nSPS) is 11.4. The molecule has 0 saturated heterocycles. The van der Waals surface area contributed by atoms with Crippen molar-refractivity contribution in [3.8, 4) is 0 Å². The van der Waals surface area contributed by atoms with Crippen LogP contribution in [0.2, 0.25) is 0 Å². The van der Waals surface area contributed by atoms with Gasteiger partial charge in [0.2, 0.25) is 0 Å². The fourth-order valence-corrected chi connectivity index (χ4v) is 1.34. The number of rotatable bonds is 5. The summed E-state index contributed by atoms with van der Waals surface area (Å²) in [4.78, 5) is 11.2. The van der Waals surface area contributed by atoms with Crippen LogP contribution in [0.4, 0.5) is 0 Å². The molecule has 1 rings (SSSR count). The third-order valence-electron chi connectivity index (χ3n) is 1.56. The summed E-state index contributed by atoms with van der Waals surface area (Å²) in [5, 5.41) is 3.52. The number of hydrogen-bond donors (Lipinski definition) is 0. The molecule has 0 unspecified atom stereocenters. The van der Waals surface area contributed by atoms with Crippen LogP contribution in [0.25, 0.3) is 0 Å². The van der Waals surface area contributed by atoms with Gasteiger partial charge in [0.25, 0.3) is 0 Å². The molecule has 0 saturated carbocycles. The molecule has 0 spiro atoms. The lowest BCUT2D eigenvalue weighted by Gasteiger charge is -2.04. The second-order valence-electron chi connectivity index (χ2n) is 3.42. The van der Waals surface area contributed by atoms with Crippen LogP contribution in [0.15, 0.2) is 10.6 Å². The minimum absolute atomic E-state index is 0.0245. The lowest BCUT2D eigenvalue weighted by atomic mass is 10.4. The van der Waals surface area contributed by atoms with Gasteiger partial charge in [-0.25, -0.2) is 4.79 Å². The van der Waals surface area contributed by atoms with Crippen molar-refractivity contribution in [2.45, 2.75) is 13.5 Å². The van der Waals surface area contributed by atoms with Crippen molar-refractivity contribution in [3.05, 3.63) is 17.5 Å². The van der Waals surface area contributed by atoms with Gasteiger partial charge in [0.1, 0.15) is 6.61 Å². The molecular weight excluding hydrogens is 233 g/mol. The van der Waals surface area contributed by atoms with Crippen molar-refractivity contribution < 1.29 is 23.1 Å². The number of carbonyl (C=O) groups excluding carboxylic acids is 1. The van der Waals surface area contributed by atoms with Crippen LogP contribution in [0.3, 0.4) is 0 Å². The van der Waals surface area contributed by atoms with Crippen LogP contribution in [0, 0.1) is 0 Å². The van der Waals surface area contributed by atoms with Gasteiger partial charge in [-0.3, -0.25) is 4.57 Å². The third-order valence-corrected chi connectivity index (χ3v) is 2.31. The Balaban J connectivity index is 2.58. The number of esters is 1. The summed E-state index contributed by atoms with van der Waals surface area (Å²) in [6.45, 7) is 4.99. The summed E-state index contributed by atoms with van der Waals surface area (Å²) >= 11 is 0. The van der Waals surface area contributed by atoms with Crippen LogP contribution in [-0.2, 0) is 20.4 Å². The average Bonchev–Trinajstić information content (AvgIpc) is 2.62. The number of ether oxygens (including phenoxy) is 1. The van der Waals surface area contributed by atoms with Gasteiger partial charge in [0.15, 0.2) is 18.8 Å². The SMILES string of the molecule is CCOC(=O)c1cc(COP(C)(C)=O)on1. The first-order valence-corrected chi connectivity index (χ1v) is 7.26. The number of hydrogen-bond acceptors (Lipinski definition) is 6. The minimum atomic E-state index is -2.56. The van der Waals surface area contributed by atoms with Gasteiger partial charge in [-0.1, -0.05) is 5.16 Å². The first kappa shape index (κ1) is 12.9. The van der Waals surface area contributed by atoms with Gasteiger partial charge in [0.05, 0.1) is 6.61 Å². The zero-order valence-electron chi connectivity index (χ0n) is 9.43. The van der Waals surface area contributed by atoms with E-state index >= 15 is 0 Å². The third kappa shape index (κ3) is 4.16. The van der Waals surface area contributed by atoms with Crippen molar-refractivity contribution >= 4 is 13.3 Å².